The third-order valence-electron chi connectivity index (χ3n) is 3.63. The van der Waals surface area contributed by atoms with Gasteiger partial charge in [0.05, 0.1) is 12.5 Å². The number of nitrogens with zero attached hydrogens (tertiary/aromatic N) is 1. The minimum absolute atomic E-state index is 0.0730. The molecule has 0 spiro atoms. The number of hydrogen-bond donors (Lipinski definition) is 2. The van der Waals surface area contributed by atoms with E-state index in [1.807, 2.05) is 30.3 Å². The molecular weight excluding hydrogens is 262 g/mol. The van der Waals surface area contributed by atoms with E-state index < -0.39 is 0 Å². The first-order chi connectivity index (χ1) is 10.3. The van der Waals surface area contributed by atoms with E-state index in [2.05, 4.69) is 22.1 Å². The minimum Gasteiger partial charge on any atom is -0.355 e. The Morgan fingerprint density at radius 1 is 1.38 bits per heavy atom. The van der Waals surface area contributed by atoms with E-state index in [1.54, 1.807) is 0 Å². The summed E-state index contributed by atoms with van der Waals surface area (Å²) in [4.78, 5) is 14.2. The average Bonchev–Trinajstić information content (AvgIpc) is 2.54. The summed E-state index contributed by atoms with van der Waals surface area (Å²) in [5.74, 6) is 6.56. The summed E-state index contributed by atoms with van der Waals surface area (Å²) in [5.41, 5.74) is 6.45. The largest absolute Gasteiger partial charge is 0.355 e. The van der Waals surface area contributed by atoms with E-state index in [1.165, 1.54) is 0 Å². The number of nitrogens with one attached hydrogen (secondary N) is 1. The van der Waals surface area contributed by atoms with Crippen molar-refractivity contribution in [1.82, 2.24) is 10.2 Å². The van der Waals surface area contributed by atoms with Gasteiger partial charge in [-0.1, -0.05) is 30.0 Å². The van der Waals surface area contributed by atoms with Gasteiger partial charge in [-0.05, 0) is 31.5 Å². The van der Waals surface area contributed by atoms with Crippen molar-refractivity contribution in [2.75, 3.05) is 32.7 Å². The molecule has 1 aromatic rings. The van der Waals surface area contributed by atoms with Crippen LogP contribution in [0, 0.1) is 17.8 Å². The Kier molecular flexibility index (Phi) is 6.26. The van der Waals surface area contributed by atoms with Gasteiger partial charge in [0.15, 0.2) is 0 Å². The number of carbonyl (C=O) groups is 1. The zero-order valence-electron chi connectivity index (χ0n) is 12.3. The van der Waals surface area contributed by atoms with Crippen LogP contribution in [0.5, 0.6) is 0 Å². The van der Waals surface area contributed by atoms with Crippen molar-refractivity contribution in [3.8, 4) is 11.8 Å². The number of nitrogens with two attached hydrogens (primary N) is 1. The van der Waals surface area contributed by atoms with Gasteiger partial charge in [0.1, 0.15) is 0 Å². The van der Waals surface area contributed by atoms with E-state index >= 15 is 0 Å². The molecule has 1 aromatic carbocycles. The molecule has 1 saturated heterocycles. The molecule has 1 aliphatic heterocycles. The highest BCUT2D eigenvalue weighted by Gasteiger charge is 2.24. The molecule has 1 unspecified atom stereocenters. The van der Waals surface area contributed by atoms with Gasteiger partial charge in [-0.2, -0.15) is 0 Å². The SMILES string of the molecule is NCCNC(=O)C1CCCN(CC#Cc2ccccc2)C1. The van der Waals surface area contributed by atoms with Crippen LogP contribution < -0.4 is 11.1 Å². The van der Waals surface area contributed by atoms with Crippen molar-refractivity contribution in [3.63, 3.8) is 0 Å². The fourth-order valence-corrected chi connectivity index (χ4v) is 2.53. The number of amides is 1. The predicted octanol–water partition coefficient (Wildman–Crippen LogP) is 0.825. The fourth-order valence-electron chi connectivity index (χ4n) is 2.53. The van der Waals surface area contributed by atoms with E-state index in [-0.39, 0.29) is 11.8 Å². The maximum atomic E-state index is 12.0. The summed E-state index contributed by atoms with van der Waals surface area (Å²) in [6.07, 6.45) is 2.01. The summed E-state index contributed by atoms with van der Waals surface area (Å²) in [7, 11) is 0. The first-order valence-corrected chi connectivity index (χ1v) is 7.53. The van der Waals surface area contributed by atoms with Gasteiger partial charge in [0.2, 0.25) is 5.91 Å². The van der Waals surface area contributed by atoms with Crippen molar-refractivity contribution >= 4 is 5.91 Å². The number of rotatable bonds is 4. The maximum absolute atomic E-state index is 12.0. The number of hydrogen-bond acceptors (Lipinski definition) is 3. The molecule has 0 aromatic heterocycles. The van der Waals surface area contributed by atoms with Crippen LogP contribution in [0.3, 0.4) is 0 Å². The van der Waals surface area contributed by atoms with Crippen molar-refractivity contribution in [1.29, 1.82) is 0 Å². The van der Waals surface area contributed by atoms with E-state index in [4.69, 9.17) is 5.73 Å². The highest BCUT2D eigenvalue weighted by Crippen LogP contribution is 2.16. The number of benzene rings is 1. The average molecular weight is 285 g/mol. The quantitative estimate of drug-likeness (QED) is 0.806. The molecule has 0 radical (unpaired) electrons. The molecule has 112 valence electrons. The van der Waals surface area contributed by atoms with Crippen molar-refractivity contribution in [3.05, 3.63) is 35.9 Å². The second-order valence-electron chi connectivity index (χ2n) is 5.32. The molecule has 21 heavy (non-hydrogen) atoms. The molecule has 0 bridgehead atoms. The van der Waals surface area contributed by atoms with Crippen LogP contribution in [0.25, 0.3) is 0 Å². The zero-order chi connectivity index (χ0) is 14.9. The highest BCUT2D eigenvalue weighted by atomic mass is 16.1. The fraction of sp³-hybridized carbons (Fsp3) is 0.471. The summed E-state index contributed by atoms with van der Waals surface area (Å²) in [6, 6.07) is 9.98. The smallest absolute Gasteiger partial charge is 0.224 e. The lowest BCUT2D eigenvalue weighted by molar-refractivity contribution is -0.126. The first-order valence-electron chi connectivity index (χ1n) is 7.53. The first kappa shape index (κ1) is 15.6. The normalized spacial score (nSPS) is 18.6. The molecule has 3 N–H and O–H groups in total. The molecule has 4 heteroatoms. The van der Waals surface area contributed by atoms with Crippen LogP contribution in [0.4, 0.5) is 0 Å². The Bertz CT molecular complexity index is 504. The third kappa shape index (κ3) is 5.22. The zero-order valence-corrected chi connectivity index (χ0v) is 12.3. The molecule has 0 saturated carbocycles. The molecule has 1 heterocycles. The lowest BCUT2D eigenvalue weighted by atomic mass is 9.97. The molecule has 4 nitrogen and oxygen atoms in total. The Balaban J connectivity index is 1.82. The molecule has 1 amide bonds. The third-order valence-corrected chi connectivity index (χ3v) is 3.63. The van der Waals surface area contributed by atoms with Gasteiger partial charge in [0, 0.05) is 25.2 Å². The standard InChI is InChI=1S/C17H23N3O/c18-10-11-19-17(21)16-9-5-13-20(14-16)12-4-8-15-6-2-1-3-7-15/h1-3,6-7,16H,5,9-14,18H2,(H,19,21). The van der Waals surface area contributed by atoms with Crippen LogP contribution >= 0.6 is 0 Å². The number of piperidine rings is 1. The van der Waals surface area contributed by atoms with Crippen molar-refractivity contribution in [2.45, 2.75) is 12.8 Å². The molecule has 1 aliphatic rings. The van der Waals surface area contributed by atoms with Crippen LogP contribution in [-0.2, 0) is 4.79 Å². The van der Waals surface area contributed by atoms with Gasteiger partial charge < -0.3 is 11.1 Å². The number of likely N-dealkylation sites (tertiary alicyclic amines) is 1. The molecule has 1 atom stereocenters. The van der Waals surface area contributed by atoms with Crippen LogP contribution in [-0.4, -0.2) is 43.5 Å². The monoisotopic (exact) mass is 285 g/mol. The van der Waals surface area contributed by atoms with Gasteiger partial charge in [-0.25, -0.2) is 0 Å². The predicted molar refractivity (Wildman–Crippen MR) is 84.5 cm³/mol. The molecule has 2 rings (SSSR count). The van der Waals surface area contributed by atoms with Gasteiger partial charge in [0.25, 0.3) is 0 Å². The summed E-state index contributed by atoms with van der Waals surface area (Å²) < 4.78 is 0. The summed E-state index contributed by atoms with van der Waals surface area (Å²) in [6.45, 7) is 3.58. The van der Waals surface area contributed by atoms with Crippen LogP contribution in [0.1, 0.15) is 18.4 Å². The maximum Gasteiger partial charge on any atom is 0.224 e. The molecular formula is C17H23N3O. The Morgan fingerprint density at radius 3 is 2.95 bits per heavy atom. The topological polar surface area (TPSA) is 58.4 Å². The van der Waals surface area contributed by atoms with Gasteiger partial charge in [-0.15, -0.1) is 0 Å². The van der Waals surface area contributed by atoms with Crippen LogP contribution in [0.2, 0.25) is 0 Å². The molecule has 1 fully saturated rings. The van der Waals surface area contributed by atoms with Gasteiger partial charge >= 0.3 is 0 Å². The second-order valence-corrected chi connectivity index (χ2v) is 5.32. The molecule has 0 aliphatic carbocycles. The Hall–Kier alpha value is -1.83. The van der Waals surface area contributed by atoms with E-state index in [9.17, 15) is 4.79 Å². The highest BCUT2D eigenvalue weighted by molar-refractivity contribution is 5.78. The number of carbonyl (C=O) groups excluding carboxylic acids is 1. The van der Waals surface area contributed by atoms with Crippen LogP contribution in [0.15, 0.2) is 30.3 Å². The van der Waals surface area contributed by atoms with Crippen molar-refractivity contribution < 1.29 is 4.79 Å². The lowest BCUT2D eigenvalue weighted by Crippen LogP contribution is -2.44. The Labute approximate surface area is 126 Å². The van der Waals surface area contributed by atoms with Gasteiger partial charge in [-0.3, -0.25) is 9.69 Å². The van der Waals surface area contributed by atoms with E-state index in [0.29, 0.717) is 13.1 Å². The summed E-state index contributed by atoms with van der Waals surface area (Å²) in [5, 5.41) is 2.88. The van der Waals surface area contributed by atoms with E-state index in [0.717, 1.165) is 38.0 Å². The second kappa shape index (κ2) is 8.46. The lowest BCUT2D eigenvalue weighted by Gasteiger charge is -2.30. The van der Waals surface area contributed by atoms with Crippen molar-refractivity contribution in [2.24, 2.45) is 11.7 Å². The minimum atomic E-state index is 0.0730. The summed E-state index contributed by atoms with van der Waals surface area (Å²) >= 11 is 0. The Morgan fingerprint density at radius 2 is 2.19 bits per heavy atom.